The number of carboxylic acid groups (broad SMARTS) is 2. The summed E-state index contributed by atoms with van der Waals surface area (Å²) in [6.45, 7) is 2.29. The molecule has 0 radical (unpaired) electrons. The molecule has 2 N–H and O–H groups in total. The molecule has 0 amide bonds. The van der Waals surface area contributed by atoms with Crippen molar-refractivity contribution in [2.75, 3.05) is 0 Å². The van der Waals surface area contributed by atoms with Gasteiger partial charge >= 0.3 is 92.3 Å². The maximum absolute atomic E-state index is 9.43. The molecule has 0 bridgehead atoms. The molecule has 0 aliphatic heterocycles. The summed E-state index contributed by atoms with van der Waals surface area (Å²) in [6, 6.07) is 10.7. The third-order valence-corrected chi connectivity index (χ3v) is 3.51. The first-order valence-corrected chi connectivity index (χ1v) is 6.87. The van der Waals surface area contributed by atoms with Crippen LogP contribution in [-0.4, -0.2) is 50.1 Å². The molecule has 17 heavy (non-hydrogen) atoms. The summed E-state index contributed by atoms with van der Waals surface area (Å²) >= 11 is 1.31. The fourth-order valence-corrected chi connectivity index (χ4v) is 1.62. The monoisotopic (exact) mass is 246 g/mol. The van der Waals surface area contributed by atoms with Crippen LogP contribution < -0.4 is 0 Å². The fraction of sp³-hybridized carbons (Fsp3) is 0.333. The van der Waals surface area contributed by atoms with Gasteiger partial charge in [-0.3, -0.25) is 9.59 Å². The second-order valence-corrected chi connectivity index (χ2v) is 4.50. The van der Waals surface area contributed by atoms with Crippen molar-refractivity contribution >= 4 is 39.9 Å². The molecule has 0 saturated heterocycles. The van der Waals surface area contributed by atoms with E-state index >= 15 is 0 Å². The molecule has 0 aliphatic rings. The normalized spacial score (nSPS) is 11.0. The van der Waals surface area contributed by atoms with Gasteiger partial charge in [-0.25, -0.2) is 0 Å². The van der Waals surface area contributed by atoms with Gasteiger partial charge in [0.2, 0.25) is 0 Å². The molecule has 0 fully saturated rings. The van der Waals surface area contributed by atoms with E-state index in [1.54, 1.807) is 0 Å². The Morgan fingerprint density at radius 2 is 1.65 bits per heavy atom. The Bertz CT molecular complexity index is 339. The molecular weight excluding hydrogens is 231 g/mol. The van der Waals surface area contributed by atoms with Crippen LogP contribution in [0.2, 0.25) is 3.67 Å². The Labute approximate surface area is 118 Å². The molecule has 4 nitrogen and oxygen atoms in total. The standard InChI is InChI=1S/C9H11.C3H4O4.Na/c1-8(2)9-6-4-3-5-7-9;4-2(5)1-3(6)7;/h3-8H,1H2,2H3;1H2,(H,4,5)(H,6,7);. The predicted octanol–water partition coefficient (Wildman–Crippen LogP) is 1.92. The van der Waals surface area contributed by atoms with E-state index in [4.69, 9.17) is 10.2 Å². The average molecular weight is 246 g/mol. The van der Waals surface area contributed by atoms with Gasteiger partial charge in [0.25, 0.3) is 0 Å². The quantitative estimate of drug-likeness (QED) is 0.628. The van der Waals surface area contributed by atoms with Gasteiger partial charge < -0.3 is 10.2 Å². The smallest absolute Gasteiger partial charge is 0.314 e. The predicted molar refractivity (Wildman–Crippen MR) is 65.3 cm³/mol. The first kappa shape index (κ1) is 16.2. The van der Waals surface area contributed by atoms with Crippen LogP contribution >= 0.6 is 0 Å². The number of hydrogen-bond acceptors (Lipinski definition) is 2. The van der Waals surface area contributed by atoms with E-state index in [2.05, 4.69) is 37.3 Å². The SMILES string of the molecule is CC([CH2][Na])c1ccccc1.O=C(O)CC(=O)O. The van der Waals surface area contributed by atoms with Gasteiger partial charge in [-0.2, -0.15) is 0 Å². The molecule has 1 rings (SSSR count). The Kier molecular flexibility index (Phi) is 8.76. The zero-order valence-corrected chi connectivity index (χ0v) is 12.1. The fourth-order valence-electron chi connectivity index (χ4n) is 1.15. The van der Waals surface area contributed by atoms with Crippen LogP contribution in [0.25, 0.3) is 0 Å². The van der Waals surface area contributed by atoms with Gasteiger partial charge in [0.05, 0.1) is 0 Å². The maximum atomic E-state index is 9.43. The van der Waals surface area contributed by atoms with Crippen LogP contribution in [-0.2, 0) is 9.59 Å². The molecule has 0 saturated carbocycles. The van der Waals surface area contributed by atoms with Crippen molar-refractivity contribution in [3.63, 3.8) is 0 Å². The summed E-state index contributed by atoms with van der Waals surface area (Å²) in [6.07, 6.45) is -0.806. The van der Waals surface area contributed by atoms with Crippen LogP contribution in [0.4, 0.5) is 0 Å². The van der Waals surface area contributed by atoms with Crippen LogP contribution in [0.1, 0.15) is 24.8 Å². The van der Waals surface area contributed by atoms with Gasteiger partial charge in [0.1, 0.15) is 6.42 Å². The molecule has 0 aromatic heterocycles. The van der Waals surface area contributed by atoms with Gasteiger partial charge in [0, 0.05) is 0 Å². The molecule has 88 valence electrons. The summed E-state index contributed by atoms with van der Waals surface area (Å²) in [5.41, 5.74) is 1.48. The molecule has 1 atom stereocenters. The second kappa shape index (κ2) is 9.22. The van der Waals surface area contributed by atoms with E-state index < -0.39 is 18.4 Å². The number of hydrogen-bond donors (Lipinski definition) is 2. The number of carbonyl (C=O) groups is 2. The maximum Gasteiger partial charge on any atom is 0.314 e. The van der Waals surface area contributed by atoms with Gasteiger partial charge in [-0.15, -0.1) is 0 Å². The van der Waals surface area contributed by atoms with Crippen molar-refractivity contribution in [2.45, 2.75) is 22.9 Å². The second-order valence-electron chi connectivity index (χ2n) is 3.68. The Hall–Kier alpha value is -0.840. The molecule has 5 heteroatoms. The van der Waals surface area contributed by atoms with Crippen molar-refractivity contribution in [2.24, 2.45) is 0 Å². The zero-order valence-electron chi connectivity index (χ0n) is 10.1. The first-order valence-electron chi connectivity index (χ1n) is 5.45. The van der Waals surface area contributed by atoms with Crippen LogP contribution in [0.3, 0.4) is 0 Å². The zero-order chi connectivity index (χ0) is 13.3. The largest absolute Gasteiger partial charge is 0.481 e. The summed E-state index contributed by atoms with van der Waals surface area (Å²) in [7, 11) is 0. The molecule has 1 aromatic rings. The third-order valence-electron chi connectivity index (χ3n) is 2.28. The molecule has 0 aliphatic carbocycles. The summed E-state index contributed by atoms with van der Waals surface area (Å²) in [5.74, 6) is -1.85. The van der Waals surface area contributed by atoms with Crippen LogP contribution in [0.15, 0.2) is 30.3 Å². The molecule has 1 aromatic carbocycles. The van der Waals surface area contributed by atoms with Crippen LogP contribution in [0.5, 0.6) is 0 Å². The van der Waals surface area contributed by atoms with Gasteiger partial charge in [-0.1, -0.05) is 0 Å². The van der Waals surface area contributed by atoms with E-state index in [9.17, 15) is 9.59 Å². The van der Waals surface area contributed by atoms with Gasteiger partial charge in [-0.05, 0) is 0 Å². The Morgan fingerprint density at radius 3 is 1.94 bits per heavy atom. The van der Waals surface area contributed by atoms with Crippen molar-refractivity contribution in [3.05, 3.63) is 35.9 Å². The Balaban J connectivity index is 0.000000325. The minimum Gasteiger partial charge on any atom is -0.481 e. The molecule has 0 spiro atoms. The van der Waals surface area contributed by atoms with Crippen molar-refractivity contribution in [3.8, 4) is 0 Å². The minimum absolute atomic E-state index is 0.771. The van der Waals surface area contributed by atoms with E-state index in [-0.39, 0.29) is 0 Å². The summed E-state index contributed by atoms with van der Waals surface area (Å²) in [4.78, 5) is 18.9. The number of rotatable bonds is 4. The van der Waals surface area contributed by atoms with E-state index in [0.717, 1.165) is 5.92 Å². The number of benzene rings is 1. The first-order chi connectivity index (χ1) is 7.97. The number of aliphatic carboxylic acids is 2. The van der Waals surface area contributed by atoms with Gasteiger partial charge in [0.15, 0.2) is 0 Å². The minimum atomic E-state index is -1.31. The van der Waals surface area contributed by atoms with E-state index in [1.807, 2.05) is 0 Å². The van der Waals surface area contributed by atoms with Crippen LogP contribution in [0, 0.1) is 0 Å². The van der Waals surface area contributed by atoms with Crippen molar-refractivity contribution in [1.82, 2.24) is 0 Å². The van der Waals surface area contributed by atoms with E-state index in [1.165, 1.54) is 37.2 Å². The number of carboxylic acids is 2. The molecule has 1 unspecified atom stereocenters. The topological polar surface area (TPSA) is 74.6 Å². The third kappa shape index (κ3) is 8.92. The molecule has 0 heterocycles. The summed E-state index contributed by atoms with van der Waals surface area (Å²) in [5, 5.41) is 15.4. The van der Waals surface area contributed by atoms with Crippen molar-refractivity contribution in [1.29, 1.82) is 0 Å². The average Bonchev–Trinajstić information content (AvgIpc) is 2.28. The molecular formula is C12H15NaO4. The van der Waals surface area contributed by atoms with Crippen molar-refractivity contribution < 1.29 is 19.8 Å². The summed E-state index contributed by atoms with van der Waals surface area (Å²) < 4.78 is 1.37. The van der Waals surface area contributed by atoms with E-state index in [0.29, 0.717) is 0 Å². The Morgan fingerprint density at radius 1 is 1.18 bits per heavy atom.